The summed E-state index contributed by atoms with van der Waals surface area (Å²) in [5.74, 6) is 0. The van der Waals surface area contributed by atoms with E-state index >= 15 is 0 Å². The van der Waals surface area contributed by atoms with E-state index in [0.29, 0.717) is 6.10 Å². The van der Waals surface area contributed by atoms with E-state index in [1.165, 1.54) is 0 Å². The van der Waals surface area contributed by atoms with E-state index in [0.717, 1.165) is 32.5 Å². The number of methoxy groups -OCH3 is 1. The van der Waals surface area contributed by atoms with Crippen molar-refractivity contribution in [3.63, 3.8) is 0 Å². The monoisotopic (exact) mass is 160 g/mol. The summed E-state index contributed by atoms with van der Waals surface area (Å²) in [5.41, 5.74) is 0. The van der Waals surface area contributed by atoms with Gasteiger partial charge in [0.25, 0.3) is 0 Å². The molecule has 0 fully saturated rings. The third kappa shape index (κ3) is 6.32. The molecule has 11 heavy (non-hydrogen) atoms. The Hall–Kier alpha value is -0.0800. The fourth-order valence-corrected chi connectivity index (χ4v) is 1.05. The van der Waals surface area contributed by atoms with Crippen molar-refractivity contribution in [2.45, 2.75) is 39.2 Å². The van der Waals surface area contributed by atoms with E-state index in [1.807, 2.05) is 6.92 Å². The molecule has 0 N–H and O–H groups in total. The molecule has 0 heterocycles. The zero-order valence-corrected chi connectivity index (χ0v) is 7.93. The molecule has 68 valence electrons. The lowest BCUT2D eigenvalue weighted by Gasteiger charge is -2.11. The topological polar surface area (TPSA) is 18.5 Å². The van der Waals surface area contributed by atoms with Gasteiger partial charge in [-0.3, -0.25) is 0 Å². The third-order valence-corrected chi connectivity index (χ3v) is 1.81. The highest BCUT2D eigenvalue weighted by molar-refractivity contribution is 4.53. The van der Waals surface area contributed by atoms with Crippen LogP contribution in [-0.4, -0.2) is 26.4 Å². The largest absolute Gasteiger partial charge is 0.382 e. The minimum absolute atomic E-state index is 0.426. The van der Waals surface area contributed by atoms with Gasteiger partial charge in [0.15, 0.2) is 0 Å². The summed E-state index contributed by atoms with van der Waals surface area (Å²) in [7, 11) is 1.77. The average molecular weight is 160 g/mol. The Kier molecular flexibility index (Phi) is 7.96. The molecule has 1 unspecified atom stereocenters. The lowest BCUT2D eigenvalue weighted by Crippen LogP contribution is -2.09. The third-order valence-electron chi connectivity index (χ3n) is 1.81. The van der Waals surface area contributed by atoms with Gasteiger partial charge in [-0.2, -0.15) is 0 Å². The first kappa shape index (κ1) is 10.9. The Morgan fingerprint density at radius 2 is 2.00 bits per heavy atom. The summed E-state index contributed by atoms with van der Waals surface area (Å²) in [6.07, 6.45) is 3.76. The Balaban J connectivity index is 3.07. The van der Waals surface area contributed by atoms with Crippen molar-refractivity contribution in [2.24, 2.45) is 0 Å². The molecule has 0 aromatic carbocycles. The van der Waals surface area contributed by atoms with Crippen LogP contribution in [0.1, 0.15) is 33.1 Å². The van der Waals surface area contributed by atoms with E-state index in [2.05, 4.69) is 6.92 Å². The number of ether oxygens (including phenoxy) is 2. The molecule has 0 aliphatic carbocycles. The predicted molar refractivity (Wildman–Crippen MR) is 46.8 cm³/mol. The van der Waals surface area contributed by atoms with E-state index < -0.39 is 0 Å². The molecule has 2 nitrogen and oxygen atoms in total. The van der Waals surface area contributed by atoms with E-state index in [1.54, 1.807) is 7.11 Å². The second-order valence-corrected chi connectivity index (χ2v) is 2.61. The van der Waals surface area contributed by atoms with Crippen molar-refractivity contribution in [1.82, 2.24) is 0 Å². The summed E-state index contributed by atoms with van der Waals surface area (Å²) < 4.78 is 10.4. The highest BCUT2D eigenvalue weighted by Gasteiger charge is 2.02. The lowest BCUT2D eigenvalue weighted by atomic mass is 10.1. The molecule has 0 amide bonds. The maximum absolute atomic E-state index is 5.22. The van der Waals surface area contributed by atoms with Gasteiger partial charge in [-0.05, 0) is 26.2 Å². The van der Waals surface area contributed by atoms with E-state index in [9.17, 15) is 0 Å². The van der Waals surface area contributed by atoms with Crippen LogP contribution in [0, 0.1) is 0 Å². The van der Waals surface area contributed by atoms with Gasteiger partial charge in [-0.25, -0.2) is 0 Å². The minimum atomic E-state index is 0.426. The zero-order chi connectivity index (χ0) is 8.53. The first-order chi connectivity index (χ1) is 5.35. The van der Waals surface area contributed by atoms with Crippen LogP contribution in [0.4, 0.5) is 0 Å². The highest BCUT2D eigenvalue weighted by Crippen LogP contribution is 2.04. The molecule has 0 rings (SSSR count). The van der Waals surface area contributed by atoms with E-state index in [4.69, 9.17) is 9.47 Å². The first-order valence-electron chi connectivity index (χ1n) is 4.45. The van der Waals surface area contributed by atoms with Crippen LogP contribution >= 0.6 is 0 Å². The molecule has 0 spiro atoms. The van der Waals surface area contributed by atoms with Crippen molar-refractivity contribution >= 4 is 0 Å². The molecule has 1 atom stereocenters. The standard InChI is InChI=1S/C9H20O2/c1-4-9(10-3)7-6-8-11-5-2/h9H,4-8H2,1-3H3. The van der Waals surface area contributed by atoms with Gasteiger partial charge in [0, 0.05) is 20.3 Å². The minimum Gasteiger partial charge on any atom is -0.382 e. The van der Waals surface area contributed by atoms with Gasteiger partial charge in [0.2, 0.25) is 0 Å². The van der Waals surface area contributed by atoms with Crippen molar-refractivity contribution < 1.29 is 9.47 Å². The van der Waals surface area contributed by atoms with Gasteiger partial charge in [-0.1, -0.05) is 6.92 Å². The molecule has 0 saturated carbocycles. The van der Waals surface area contributed by atoms with Crippen molar-refractivity contribution in [3.05, 3.63) is 0 Å². The second-order valence-electron chi connectivity index (χ2n) is 2.61. The smallest absolute Gasteiger partial charge is 0.0569 e. The SMILES string of the molecule is CCOCCCC(CC)OC. The van der Waals surface area contributed by atoms with Gasteiger partial charge in [-0.15, -0.1) is 0 Å². The van der Waals surface area contributed by atoms with Crippen molar-refractivity contribution in [2.75, 3.05) is 20.3 Å². The maximum Gasteiger partial charge on any atom is 0.0569 e. The van der Waals surface area contributed by atoms with Crippen LogP contribution in [0.25, 0.3) is 0 Å². The molecule has 0 radical (unpaired) electrons. The number of hydrogen-bond acceptors (Lipinski definition) is 2. The van der Waals surface area contributed by atoms with Crippen molar-refractivity contribution in [1.29, 1.82) is 0 Å². The van der Waals surface area contributed by atoms with Gasteiger partial charge >= 0.3 is 0 Å². The van der Waals surface area contributed by atoms with Crippen LogP contribution in [0.3, 0.4) is 0 Å². The highest BCUT2D eigenvalue weighted by atomic mass is 16.5. The first-order valence-corrected chi connectivity index (χ1v) is 4.45. The van der Waals surface area contributed by atoms with Crippen LogP contribution in [0.15, 0.2) is 0 Å². The Bertz CT molecular complexity index is 70.0. The quantitative estimate of drug-likeness (QED) is 0.532. The van der Waals surface area contributed by atoms with Crippen molar-refractivity contribution in [3.8, 4) is 0 Å². The summed E-state index contributed by atoms with van der Waals surface area (Å²) in [6.45, 7) is 5.86. The molecule has 2 heteroatoms. The summed E-state index contributed by atoms with van der Waals surface area (Å²) in [6, 6.07) is 0. The normalized spacial score (nSPS) is 13.4. The molecular formula is C9H20O2. The molecular weight excluding hydrogens is 140 g/mol. The second kappa shape index (κ2) is 8.02. The van der Waals surface area contributed by atoms with Gasteiger partial charge in [0.1, 0.15) is 0 Å². The van der Waals surface area contributed by atoms with Crippen LogP contribution in [0.5, 0.6) is 0 Å². The average Bonchev–Trinajstić information content (AvgIpc) is 2.05. The number of rotatable bonds is 7. The van der Waals surface area contributed by atoms with Gasteiger partial charge < -0.3 is 9.47 Å². The lowest BCUT2D eigenvalue weighted by molar-refractivity contribution is 0.0748. The summed E-state index contributed by atoms with van der Waals surface area (Å²) in [4.78, 5) is 0. The molecule has 0 aliphatic rings. The van der Waals surface area contributed by atoms with E-state index in [-0.39, 0.29) is 0 Å². The fraction of sp³-hybridized carbons (Fsp3) is 1.00. The molecule has 0 aromatic rings. The van der Waals surface area contributed by atoms with Crippen LogP contribution in [0.2, 0.25) is 0 Å². The predicted octanol–water partition coefficient (Wildman–Crippen LogP) is 2.23. The zero-order valence-electron chi connectivity index (χ0n) is 7.93. The van der Waals surface area contributed by atoms with Gasteiger partial charge in [0.05, 0.1) is 6.10 Å². The Labute approximate surface area is 69.9 Å². The van der Waals surface area contributed by atoms with Crippen LogP contribution < -0.4 is 0 Å². The number of hydrogen-bond donors (Lipinski definition) is 0. The van der Waals surface area contributed by atoms with Crippen LogP contribution in [-0.2, 0) is 9.47 Å². The molecule has 0 aromatic heterocycles. The maximum atomic E-state index is 5.22. The Morgan fingerprint density at radius 3 is 2.45 bits per heavy atom. The summed E-state index contributed by atoms with van der Waals surface area (Å²) >= 11 is 0. The summed E-state index contributed by atoms with van der Waals surface area (Å²) in [5, 5.41) is 0. The molecule has 0 aliphatic heterocycles. The Morgan fingerprint density at radius 1 is 1.27 bits per heavy atom. The molecule has 0 saturated heterocycles. The molecule has 0 bridgehead atoms. The fourth-order valence-electron chi connectivity index (χ4n) is 1.05.